The maximum absolute atomic E-state index is 9.68. The quantitative estimate of drug-likeness (QED) is 0.441. The van der Waals surface area contributed by atoms with E-state index >= 15 is 0 Å². The summed E-state index contributed by atoms with van der Waals surface area (Å²) in [5.74, 6) is -0.516. The van der Waals surface area contributed by atoms with Crippen LogP contribution in [0, 0.1) is 6.08 Å². The van der Waals surface area contributed by atoms with Crippen LogP contribution in [-0.2, 0) is 4.79 Å². The van der Waals surface area contributed by atoms with E-state index in [0.29, 0.717) is 0 Å². The normalized spacial score (nSPS) is 9.50. The molecule has 0 bridgehead atoms. The minimum atomic E-state index is -0.516. The van der Waals surface area contributed by atoms with Crippen LogP contribution in [0.2, 0.25) is 0 Å². The molecule has 0 aliphatic heterocycles. The van der Waals surface area contributed by atoms with Gasteiger partial charge >= 0.3 is 0 Å². The molecule has 6 heavy (non-hydrogen) atoms. The van der Waals surface area contributed by atoms with Crippen molar-refractivity contribution < 1.29 is 4.79 Å². The van der Waals surface area contributed by atoms with Gasteiger partial charge < -0.3 is 5.73 Å². The molecule has 0 heterocycles. The minimum Gasteiger partial charge on any atom is -0.366 e. The first-order valence-corrected chi connectivity index (χ1v) is 1.61. The van der Waals surface area contributed by atoms with Crippen molar-refractivity contribution in [3.8, 4) is 0 Å². The minimum absolute atomic E-state index is 0.516. The molecule has 0 aliphatic carbocycles. The number of carbonyl (C=O) groups excluding carboxylic acids is 1. The number of primary amides is 1. The molecule has 0 atom stereocenters. The van der Waals surface area contributed by atoms with Crippen molar-refractivity contribution in [2.75, 3.05) is 0 Å². The third-order valence-electron chi connectivity index (χ3n) is 0.287. The molecule has 0 rings (SSSR count). The molecule has 0 saturated heterocycles. The first kappa shape index (κ1) is 5.21. The Morgan fingerprint density at radius 3 is 2.50 bits per heavy atom. The first-order valence-electron chi connectivity index (χ1n) is 1.61. The van der Waals surface area contributed by atoms with Crippen molar-refractivity contribution in [2.24, 2.45) is 5.73 Å². The predicted molar refractivity (Wildman–Crippen MR) is 22.7 cm³/mol. The Bertz CT molecular complexity index is 75.6. The van der Waals surface area contributed by atoms with E-state index in [0.717, 1.165) is 0 Å². The molecule has 0 unspecified atom stereocenters. The van der Waals surface area contributed by atoms with Crippen LogP contribution in [-0.4, -0.2) is 5.91 Å². The van der Waals surface area contributed by atoms with Crippen molar-refractivity contribution in [2.45, 2.75) is 6.92 Å². The molecule has 2 N–H and O–H groups in total. The van der Waals surface area contributed by atoms with Gasteiger partial charge in [-0.1, -0.05) is 6.08 Å². The fourth-order valence-electron chi connectivity index (χ4n) is 0.142. The van der Waals surface area contributed by atoms with Crippen LogP contribution >= 0.6 is 0 Å². The Morgan fingerprint density at radius 1 is 2.00 bits per heavy atom. The van der Waals surface area contributed by atoms with E-state index in [4.69, 9.17) is 0 Å². The van der Waals surface area contributed by atoms with Crippen LogP contribution in [0.15, 0.2) is 6.08 Å². The van der Waals surface area contributed by atoms with Gasteiger partial charge in [0.1, 0.15) is 0 Å². The number of amides is 1. The van der Waals surface area contributed by atoms with E-state index < -0.39 is 5.91 Å². The average Bonchev–Trinajstić information content (AvgIpc) is 1.35. The summed E-state index contributed by atoms with van der Waals surface area (Å²) in [7, 11) is 0. The van der Waals surface area contributed by atoms with Gasteiger partial charge in [-0.05, 0) is 6.92 Å². The molecule has 33 valence electrons. The molecule has 0 aliphatic rings. The molecule has 2 heteroatoms. The van der Waals surface area contributed by atoms with Crippen molar-refractivity contribution in [1.82, 2.24) is 0 Å². The molecule has 1 amide bonds. The number of hydrogen-bond acceptors (Lipinski definition) is 1. The van der Waals surface area contributed by atoms with Gasteiger partial charge in [0.2, 0.25) is 5.91 Å². The highest BCUT2D eigenvalue weighted by molar-refractivity contribution is 5.81. The molecule has 0 spiro atoms. The topological polar surface area (TPSA) is 43.1 Å². The summed E-state index contributed by atoms with van der Waals surface area (Å²) >= 11 is 0. The van der Waals surface area contributed by atoms with Crippen molar-refractivity contribution >= 4 is 5.91 Å². The third kappa shape index (κ3) is 3.21. The number of rotatable bonds is 1. The van der Waals surface area contributed by atoms with E-state index in [1.54, 1.807) is 6.92 Å². The highest BCUT2D eigenvalue weighted by atomic mass is 16.1. The SMILES string of the molecule is C/C=[C]/C(N)=O. The summed E-state index contributed by atoms with van der Waals surface area (Å²) < 4.78 is 0. The Hall–Kier alpha value is -0.790. The second kappa shape index (κ2) is 2.45. The van der Waals surface area contributed by atoms with Gasteiger partial charge in [0.05, 0.1) is 0 Å². The highest BCUT2D eigenvalue weighted by Gasteiger charge is 1.74. The number of carbonyl (C=O) groups is 1. The summed E-state index contributed by atoms with van der Waals surface area (Å²) in [6.07, 6.45) is 3.70. The van der Waals surface area contributed by atoms with Crippen LogP contribution < -0.4 is 5.73 Å². The van der Waals surface area contributed by atoms with Crippen LogP contribution in [0.4, 0.5) is 0 Å². The van der Waals surface area contributed by atoms with Crippen LogP contribution in [0.5, 0.6) is 0 Å². The highest BCUT2D eigenvalue weighted by Crippen LogP contribution is 1.59. The molecule has 0 fully saturated rings. The lowest BCUT2D eigenvalue weighted by Crippen LogP contribution is -2.05. The van der Waals surface area contributed by atoms with Crippen molar-refractivity contribution in [3.63, 3.8) is 0 Å². The van der Waals surface area contributed by atoms with Crippen molar-refractivity contribution in [3.05, 3.63) is 12.2 Å². The summed E-state index contributed by atoms with van der Waals surface area (Å²) in [5, 5.41) is 0. The molecule has 1 radical (unpaired) electrons. The van der Waals surface area contributed by atoms with E-state index in [1.165, 1.54) is 6.08 Å². The lowest BCUT2D eigenvalue weighted by atomic mass is 10.5. The summed E-state index contributed by atoms with van der Waals surface area (Å²) in [4.78, 5) is 9.68. The lowest BCUT2D eigenvalue weighted by molar-refractivity contribution is -0.114. The standard InChI is InChI=1S/C4H6NO/c1-2-3-4(5)6/h2H,1H3,(H2,5,6). The largest absolute Gasteiger partial charge is 0.366 e. The van der Waals surface area contributed by atoms with E-state index in [2.05, 4.69) is 11.8 Å². The molecular weight excluding hydrogens is 78.0 g/mol. The van der Waals surface area contributed by atoms with E-state index in [1.807, 2.05) is 0 Å². The molecule has 0 saturated carbocycles. The van der Waals surface area contributed by atoms with Gasteiger partial charge in [0, 0.05) is 6.08 Å². The van der Waals surface area contributed by atoms with Gasteiger partial charge in [-0.2, -0.15) is 0 Å². The van der Waals surface area contributed by atoms with Gasteiger partial charge in [0.25, 0.3) is 0 Å². The van der Waals surface area contributed by atoms with Crippen LogP contribution in [0.3, 0.4) is 0 Å². The van der Waals surface area contributed by atoms with Crippen LogP contribution in [0.1, 0.15) is 6.92 Å². The zero-order chi connectivity index (χ0) is 4.99. The Labute approximate surface area is 36.6 Å². The second-order valence-electron chi connectivity index (χ2n) is 0.797. The Kier molecular flexibility index (Phi) is 2.13. The average molecular weight is 84.1 g/mol. The third-order valence-corrected chi connectivity index (χ3v) is 0.287. The zero-order valence-electron chi connectivity index (χ0n) is 3.56. The maximum Gasteiger partial charge on any atom is 0.249 e. The predicted octanol–water partition coefficient (Wildman–Crippen LogP) is -0.149. The summed E-state index contributed by atoms with van der Waals surface area (Å²) in [6, 6.07) is 0. The fraction of sp³-hybridized carbons (Fsp3) is 0.250. The smallest absolute Gasteiger partial charge is 0.249 e. The fourth-order valence-corrected chi connectivity index (χ4v) is 0.142. The summed E-state index contributed by atoms with van der Waals surface area (Å²) in [6.45, 7) is 1.69. The van der Waals surface area contributed by atoms with Gasteiger partial charge in [-0.3, -0.25) is 4.79 Å². The van der Waals surface area contributed by atoms with Gasteiger partial charge in [-0.25, -0.2) is 0 Å². The second-order valence-corrected chi connectivity index (χ2v) is 0.797. The Morgan fingerprint density at radius 2 is 2.50 bits per heavy atom. The number of hydrogen-bond donors (Lipinski definition) is 1. The zero-order valence-corrected chi connectivity index (χ0v) is 3.56. The van der Waals surface area contributed by atoms with E-state index in [-0.39, 0.29) is 0 Å². The maximum atomic E-state index is 9.68. The first-order chi connectivity index (χ1) is 2.77. The monoisotopic (exact) mass is 84.0 g/mol. The van der Waals surface area contributed by atoms with Crippen LogP contribution in [0.25, 0.3) is 0 Å². The van der Waals surface area contributed by atoms with E-state index in [9.17, 15) is 4.79 Å². The number of allylic oxidation sites excluding steroid dienone is 1. The molecular formula is C4H6NO. The van der Waals surface area contributed by atoms with Gasteiger partial charge in [0.15, 0.2) is 0 Å². The molecule has 0 aromatic carbocycles. The molecule has 2 nitrogen and oxygen atoms in total. The number of nitrogens with two attached hydrogens (primary N) is 1. The summed E-state index contributed by atoms with van der Waals surface area (Å²) in [5.41, 5.74) is 4.62. The molecule has 0 aromatic heterocycles. The van der Waals surface area contributed by atoms with Crippen molar-refractivity contribution in [1.29, 1.82) is 0 Å². The van der Waals surface area contributed by atoms with Gasteiger partial charge in [-0.15, -0.1) is 0 Å². The molecule has 0 aromatic rings. The Balaban J connectivity index is 3.30. The lowest BCUT2D eigenvalue weighted by Gasteiger charge is -1.68.